The summed E-state index contributed by atoms with van der Waals surface area (Å²) in [4.78, 5) is 4.00. The predicted octanol–water partition coefficient (Wildman–Crippen LogP) is 6.37. The Hall–Kier alpha value is -2.76. The van der Waals surface area contributed by atoms with Gasteiger partial charge in [-0.05, 0) is 35.4 Å². The molecule has 0 fully saturated rings. The Bertz CT molecular complexity index is 962. The number of benzene rings is 2. The molecular weight excluding hydrogens is 361 g/mol. The second kappa shape index (κ2) is 6.76. The van der Waals surface area contributed by atoms with E-state index in [9.17, 15) is 22.0 Å². The van der Waals surface area contributed by atoms with Crippen molar-refractivity contribution in [3.63, 3.8) is 0 Å². The Morgan fingerprint density at radius 2 is 1.48 bits per heavy atom. The lowest BCUT2D eigenvalue weighted by molar-refractivity contribution is -0.142. The van der Waals surface area contributed by atoms with Crippen molar-refractivity contribution < 1.29 is 22.0 Å². The van der Waals surface area contributed by atoms with Crippen LogP contribution in [0.3, 0.4) is 0 Å². The highest BCUT2D eigenvalue weighted by Crippen LogP contribution is 2.38. The van der Waals surface area contributed by atoms with Crippen LogP contribution in [0.4, 0.5) is 22.0 Å². The summed E-state index contributed by atoms with van der Waals surface area (Å²) in [5.41, 5.74) is -1.04. The van der Waals surface area contributed by atoms with Crippen molar-refractivity contribution in [2.24, 2.45) is 0 Å². The lowest BCUT2D eigenvalue weighted by Gasteiger charge is -2.26. The van der Waals surface area contributed by atoms with Crippen molar-refractivity contribution in [2.75, 3.05) is 0 Å². The van der Waals surface area contributed by atoms with Crippen molar-refractivity contribution in [3.05, 3.63) is 89.1 Å². The molecule has 0 spiro atoms. The molecule has 0 unspecified atom stereocenters. The van der Waals surface area contributed by atoms with Crippen molar-refractivity contribution in [1.82, 2.24) is 4.98 Å². The Kier molecular flexibility index (Phi) is 4.76. The maximum atomic E-state index is 14.5. The van der Waals surface area contributed by atoms with Crippen molar-refractivity contribution in [2.45, 2.75) is 25.4 Å². The molecule has 0 atom stereocenters. The zero-order valence-electron chi connectivity index (χ0n) is 14.6. The van der Waals surface area contributed by atoms with Gasteiger partial charge < -0.3 is 0 Å². The molecule has 27 heavy (non-hydrogen) atoms. The molecular formula is C21H16F5N. The van der Waals surface area contributed by atoms with Crippen LogP contribution in [0.15, 0.2) is 60.8 Å². The first kappa shape index (κ1) is 19.0. The average Bonchev–Trinajstić information content (AvgIpc) is 2.61. The molecule has 0 saturated heterocycles. The summed E-state index contributed by atoms with van der Waals surface area (Å²) in [7, 11) is 0. The largest absolute Gasteiger partial charge is 0.422 e. The minimum absolute atomic E-state index is 0.0134. The lowest BCUT2D eigenvalue weighted by Crippen LogP contribution is -2.19. The maximum absolute atomic E-state index is 14.5. The predicted molar refractivity (Wildman–Crippen MR) is 93.2 cm³/mol. The highest BCUT2D eigenvalue weighted by Gasteiger charge is 2.39. The van der Waals surface area contributed by atoms with Crippen LogP contribution >= 0.6 is 0 Å². The summed E-state index contributed by atoms with van der Waals surface area (Å²) in [5.74, 6) is -3.31. The minimum atomic E-state index is -5.13. The zero-order valence-corrected chi connectivity index (χ0v) is 14.6. The molecule has 1 aromatic heterocycles. The first-order valence-corrected chi connectivity index (χ1v) is 8.20. The summed E-state index contributed by atoms with van der Waals surface area (Å²) in [6.45, 7) is 3.90. The maximum Gasteiger partial charge on any atom is 0.422 e. The molecule has 1 nitrogen and oxygen atoms in total. The summed E-state index contributed by atoms with van der Waals surface area (Å²) >= 11 is 0. The number of nitrogens with zero attached hydrogens (tertiary/aromatic N) is 1. The smallest absolute Gasteiger partial charge is 0.256 e. The third kappa shape index (κ3) is 3.56. The normalized spacial score (nSPS) is 12.3. The summed E-state index contributed by atoms with van der Waals surface area (Å²) < 4.78 is 67.0. The van der Waals surface area contributed by atoms with E-state index in [1.807, 2.05) is 44.2 Å². The van der Waals surface area contributed by atoms with Crippen molar-refractivity contribution >= 4 is 0 Å². The van der Waals surface area contributed by atoms with Gasteiger partial charge in [0.25, 0.3) is 0 Å². The van der Waals surface area contributed by atoms with Gasteiger partial charge in [0, 0.05) is 17.2 Å². The Labute approximate surface area is 153 Å². The van der Waals surface area contributed by atoms with Crippen LogP contribution in [0.2, 0.25) is 0 Å². The molecule has 0 saturated carbocycles. The topological polar surface area (TPSA) is 12.9 Å². The first-order valence-electron chi connectivity index (χ1n) is 8.20. The molecule has 0 amide bonds. The molecule has 0 aliphatic carbocycles. The quantitative estimate of drug-likeness (QED) is 0.483. The molecule has 3 aromatic rings. The van der Waals surface area contributed by atoms with Crippen molar-refractivity contribution in [1.29, 1.82) is 0 Å². The van der Waals surface area contributed by atoms with Crippen LogP contribution in [-0.2, 0) is 11.6 Å². The molecule has 0 radical (unpaired) electrons. The Balaban J connectivity index is 2.13. The van der Waals surface area contributed by atoms with Crippen LogP contribution < -0.4 is 0 Å². The SMILES string of the molecule is CC(C)(c1ccccc1)c1ccnc(-c2ccc(F)c(C(F)(F)F)c2F)c1. The monoisotopic (exact) mass is 377 g/mol. The summed E-state index contributed by atoms with van der Waals surface area (Å²) in [6.07, 6.45) is -3.73. The fourth-order valence-electron chi connectivity index (χ4n) is 3.00. The molecule has 0 N–H and O–H groups in total. The van der Waals surface area contributed by atoms with Gasteiger partial charge in [-0.3, -0.25) is 4.98 Å². The Morgan fingerprint density at radius 3 is 2.11 bits per heavy atom. The zero-order chi connectivity index (χ0) is 19.8. The third-order valence-corrected chi connectivity index (χ3v) is 4.63. The van der Waals surface area contributed by atoms with Gasteiger partial charge in [-0.2, -0.15) is 13.2 Å². The van der Waals surface area contributed by atoms with Crippen LogP contribution in [-0.4, -0.2) is 4.98 Å². The van der Waals surface area contributed by atoms with Gasteiger partial charge >= 0.3 is 6.18 Å². The molecule has 6 heteroatoms. The minimum Gasteiger partial charge on any atom is -0.256 e. The van der Waals surface area contributed by atoms with E-state index in [0.717, 1.165) is 17.2 Å². The van der Waals surface area contributed by atoms with Gasteiger partial charge in [0.1, 0.15) is 17.2 Å². The number of halogens is 5. The average molecular weight is 377 g/mol. The van der Waals surface area contributed by atoms with E-state index in [2.05, 4.69) is 4.98 Å². The second-order valence-electron chi connectivity index (χ2n) is 6.70. The fraction of sp³-hybridized carbons (Fsp3) is 0.190. The number of alkyl halides is 3. The fourth-order valence-corrected chi connectivity index (χ4v) is 3.00. The number of rotatable bonds is 3. The van der Waals surface area contributed by atoms with Gasteiger partial charge in [-0.1, -0.05) is 44.2 Å². The van der Waals surface area contributed by atoms with Crippen LogP contribution in [0.25, 0.3) is 11.3 Å². The van der Waals surface area contributed by atoms with Gasteiger partial charge in [0.05, 0.1) is 5.69 Å². The van der Waals surface area contributed by atoms with E-state index in [1.54, 1.807) is 6.07 Å². The number of pyridine rings is 1. The summed E-state index contributed by atoms with van der Waals surface area (Å²) in [6, 6.07) is 14.3. The number of hydrogen-bond acceptors (Lipinski definition) is 1. The van der Waals surface area contributed by atoms with E-state index in [0.29, 0.717) is 6.07 Å². The molecule has 0 bridgehead atoms. The standard InChI is InChI=1S/C21H16F5N/c1-20(2,13-6-4-3-5-7-13)14-10-11-27-17(12-14)15-8-9-16(22)18(19(15)23)21(24,25)26/h3-12H,1-2H3. The number of hydrogen-bond donors (Lipinski definition) is 0. The summed E-state index contributed by atoms with van der Waals surface area (Å²) in [5, 5.41) is 0. The molecule has 140 valence electrons. The third-order valence-electron chi connectivity index (χ3n) is 4.63. The molecule has 1 heterocycles. The van der Waals surface area contributed by atoms with E-state index < -0.39 is 34.4 Å². The van der Waals surface area contributed by atoms with Crippen molar-refractivity contribution in [3.8, 4) is 11.3 Å². The van der Waals surface area contributed by atoms with Gasteiger partial charge in [-0.25, -0.2) is 8.78 Å². The van der Waals surface area contributed by atoms with E-state index >= 15 is 0 Å². The van der Waals surface area contributed by atoms with E-state index in [4.69, 9.17) is 0 Å². The second-order valence-corrected chi connectivity index (χ2v) is 6.70. The van der Waals surface area contributed by atoms with Gasteiger partial charge in [-0.15, -0.1) is 0 Å². The molecule has 0 aliphatic heterocycles. The lowest BCUT2D eigenvalue weighted by atomic mass is 9.78. The van der Waals surface area contributed by atoms with Gasteiger partial charge in [0.2, 0.25) is 0 Å². The molecule has 3 rings (SSSR count). The van der Waals surface area contributed by atoms with E-state index in [-0.39, 0.29) is 5.69 Å². The number of aromatic nitrogens is 1. The molecule has 0 aliphatic rings. The van der Waals surface area contributed by atoms with Crippen LogP contribution in [0.5, 0.6) is 0 Å². The van der Waals surface area contributed by atoms with E-state index in [1.165, 1.54) is 12.3 Å². The highest BCUT2D eigenvalue weighted by atomic mass is 19.4. The van der Waals surface area contributed by atoms with Crippen LogP contribution in [0.1, 0.15) is 30.5 Å². The molecule has 2 aromatic carbocycles. The highest BCUT2D eigenvalue weighted by molar-refractivity contribution is 5.63. The van der Waals surface area contributed by atoms with Crippen LogP contribution in [0, 0.1) is 11.6 Å². The Morgan fingerprint density at radius 1 is 0.815 bits per heavy atom. The first-order chi connectivity index (χ1) is 12.6. The van der Waals surface area contributed by atoms with Gasteiger partial charge in [0.15, 0.2) is 0 Å².